The maximum absolute atomic E-state index is 13.2. The summed E-state index contributed by atoms with van der Waals surface area (Å²) >= 11 is 0. The second-order valence-corrected chi connectivity index (χ2v) is 7.72. The summed E-state index contributed by atoms with van der Waals surface area (Å²) in [6, 6.07) is 11.0. The number of rotatable bonds is 6. The van der Waals surface area contributed by atoms with Gasteiger partial charge in [-0.05, 0) is 43.7 Å². The number of carbonyl (C=O) groups is 1. The summed E-state index contributed by atoms with van der Waals surface area (Å²) < 4.78 is 23.9. The molecule has 0 N–H and O–H groups in total. The number of methoxy groups -OCH3 is 2. The lowest BCUT2D eigenvalue weighted by molar-refractivity contribution is -0.139. The van der Waals surface area contributed by atoms with E-state index in [-0.39, 0.29) is 6.61 Å². The fourth-order valence-electron chi connectivity index (χ4n) is 4.18. The molecule has 0 radical (unpaired) electrons. The SMILES string of the molecule is CCOC(=O)C1=C(C)Oc2ncn3nc(-c4ccccn4)nc3c2[C@H]1c1ccc(OC)c(OC)c1. The van der Waals surface area contributed by atoms with E-state index in [0.717, 1.165) is 5.56 Å². The van der Waals surface area contributed by atoms with E-state index in [2.05, 4.69) is 15.1 Å². The summed E-state index contributed by atoms with van der Waals surface area (Å²) in [5, 5.41) is 4.55. The van der Waals surface area contributed by atoms with Crippen LogP contribution in [0.1, 0.15) is 30.9 Å². The van der Waals surface area contributed by atoms with Gasteiger partial charge in [-0.15, -0.1) is 5.10 Å². The first-order valence-electron chi connectivity index (χ1n) is 11.0. The van der Waals surface area contributed by atoms with Crippen LogP contribution in [0.3, 0.4) is 0 Å². The largest absolute Gasteiger partial charge is 0.493 e. The summed E-state index contributed by atoms with van der Waals surface area (Å²) in [5.74, 6) is 1.17. The summed E-state index contributed by atoms with van der Waals surface area (Å²) in [5.41, 5.74) is 2.80. The molecule has 0 aliphatic carbocycles. The number of fused-ring (bicyclic) bond motifs is 3. The van der Waals surface area contributed by atoms with Crippen LogP contribution in [-0.4, -0.2) is 51.4 Å². The average molecular weight is 473 g/mol. The normalized spacial score (nSPS) is 14.9. The van der Waals surface area contributed by atoms with Crippen molar-refractivity contribution < 1.29 is 23.7 Å². The molecule has 0 spiro atoms. The van der Waals surface area contributed by atoms with Crippen molar-refractivity contribution in [2.75, 3.05) is 20.8 Å². The van der Waals surface area contributed by atoms with Crippen molar-refractivity contribution in [3.8, 4) is 28.9 Å². The number of hydrogen-bond donors (Lipinski definition) is 0. The molecular weight excluding hydrogens is 450 g/mol. The van der Waals surface area contributed by atoms with Crippen molar-refractivity contribution in [1.29, 1.82) is 0 Å². The fourth-order valence-corrected chi connectivity index (χ4v) is 4.18. The van der Waals surface area contributed by atoms with Crippen LogP contribution in [0.4, 0.5) is 0 Å². The molecule has 4 heterocycles. The fraction of sp³-hybridized carbons (Fsp3) is 0.240. The van der Waals surface area contributed by atoms with Gasteiger partial charge in [-0.1, -0.05) is 12.1 Å². The van der Waals surface area contributed by atoms with Crippen LogP contribution in [0.5, 0.6) is 17.4 Å². The molecule has 1 aromatic carbocycles. The van der Waals surface area contributed by atoms with Crippen LogP contribution in [0.15, 0.2) is 60.3 Å². The van der Waals surface area contributed by atoms with Gasteiger partial charge in [-0.2, -0.15) is 0 Å². The minimum Gasteiger partial charge on any atom is -0.493 e. The van der Waals surface area contributed by atoms with Gasteiger partial charge in [-0.3, -0.25) is 4.98 Å². The minimum atomic E-state index is -0.602. The lowest BCUT2D eigenvalue weighted by atomic mass is 9.83. The second kappa shape index (κ2) is 9.05. The zero-order valence-corrected chi connectivity index (χ0v) is 19.7. The highest BCUT2D eigenvalue weighted by atomic mass is 16.5. The monoisotopic (exact) mass is 473 g/mol. The predicted octanol–water partition coefficient (Wildman–Crippen LogP) is 3.56. The van der Waals surface area contributed by atoms with Crippen LogP contribution < -0.4 is 14.2 Å². The van der Waals surface area contributed by atoms with Gasteiger partial charge in [-0.25, -0.2) is 19.3 Å². The molecule has 0 saturated heterocycles. The van der Waals surface area contributed by atoms with Gasteiger partial charge >= 0.3 is 5.97 Å². The first kappa shape index (κ1) is 22.3. The number of hydrogen-bond acceptors (Lipinski definition) is 9. The summed E-state index contributed by atoms with van der Waals surface area (Å²) in [6.07, 6.45) is 3.21. The molecule has 4 aromatic rings. The first-order valence-corrected chi connectivity index (χ1v) is 11.0. The Morgan fingerprint density at radius 2 is 1.94 bits per heavy atom. The van der Waals surface area contributed by atoms with Gasteiger partial charge in [0.15, 0.2) is 17.1 Å². The highest BCUT2D eigenvalue weighted by Crippen LogP contribution is 2.46. The number of nitrogens with zero attached hydrogens (tertiary/aromatic N) is 5. The molecule has 1 aliphatic heterocycles. The van der Waals surface area contributed by atoms with E-state index < -0.39 is 11.9 Å². The van der Waals surface area contributed by atoms with Crippen LogP contribution in [-0.2, 0) is 9.53 Å². The highest BCUT2D eigenvalue weighted by molar-refractivity contribution is 5.93. The predicted molar refractivity (Wildman–Crippen MR) is 125 cm³/mol. The number of benzene rings is 1. The van der Waals surface area contributed by atoms with Gasteiger partial charge in [0.1, 0.15) is 17.8 Å². The number of esters is 1. The topological polar surface area (TPSA) is 110 Å². The number of aromatic nitrogens is 5. The first-order chi connectivity index (χ1) is 17.0. The third-order valence-corrected chi connectivity index (χ3v) is 5.72. The average Bonchev–Trinajstić information content (AvgIpc) is 3.32. The standard InChI is InChI=1S/C25H23N5O5/c1-5-34-25(31)19-14(2)35-24-21(20(19)15-9-10-17(32-3)18(12-15)33-4)23-28-22(29-30(23)13-27-24)16-8-6-7-11-26-16/h6-13,20H,5H2,1-4H3/t20-/m0/s1. The molecule has 178 valence electrons. The van der Waals surface area contributed by atoms with Crippen LogP contribution in [0, 0.1) is 0 Å². The summed E-state index contributed by atoms with van der Waals surface area (Å²) in [7, 11) is 3.13. The molecule has 0 fully saturated rings. The molecule has 10 heteroatoms. The zero-order chi connectivity index (χ0) is 24.5. The Labute approximate surface area is 201 Å². The number of pyridine rings is 1. The summed E-state index contributed by atoms with van der Waals surface area (Å²) in [6.45, 7) is 3.70. The zero-order valence-electron chi connectivity index (χ0n) is 19.7. The van der Waals surface area contributed by atoms with Crippen molar-refractivity contribution in [1.82, 2.24) is 24.6 Å². The Morgan fingerprint density at radius 3 is 2.66 bits per heavy atom. The van der Waals surface area contributed by atoms with Crippen LogP contribution in [0.25, 0.3) is 17.2 Å². The molecule has 0 bridgehead atoms. The molecule has 3 aromatic heterocycles. The number of allylic oxidation sites excluding steroid dienone is 1. The Hall–Kier alpha value is -4.47. The maximum atomic E-state index is 13.2. The Bertz CT molecular complexity index is 1450. The molecule has 0 saturated carbocycles. The molecule has 35 heavy (non-hydrogen) atoms. The quantitative estimate of drug-likeness (QED) is 0.388. The maximum Gasteiger partial charge on any atom is 0.338 e. The number of ether oxygens (including phenoxy) is 4. The molecular formula is C25H23N5O5. The van der Waals surface area contributed by atoms with E-state index in [1.165, 1.54) is 6.33 Å². The van der Waals surface area contributed by atoms with Gasteiger partial charge < -0.3 is 18.9 Å². The van der Waals surface area contributed by atoms with E-state index in [9.17, 15) is 4.79 Å². The van der Waals surface area contributed by atoms with Crippen LogP contribution >= 0.6 is 0 Å². The van der Waals surface area contributed by atoms with Crippen molar-refractivity contribution in [3.05, 3.63) is 71.4 Å². The molecule has 5 rings (SSSR count). The lowest BCUT2D eigenvalue weighted by Gasteiger charge is -2.28. The summed E-state index contributed by atoms with van der Waals surface area (Å²) in [4.78, 5) is 26.7. The molecule has 0 unspecified atom stereocenters. The van der Waals surface area contributed by atoms with Crippen molar-refractivity contribution in [2.45, 2.75) is 19.8 Å². The Kier molecular flexibility index (Phi) is 5.77. The minimum absolute atomic E-state index is 0.221. The Morgan fingerprint density at radius 1 is 1.11 bits per heavy atom. The molecule has 1 atom stereocenters. The van der Waals surface area contributed by atoms with Crippen molar-refractivity contribution >= 4 is 11.6 Å². The van der Waals surface area contributed by atoms with Gasteiger partial charge in [0.25, 0.3) is 0 Å². The smallest absolute Gasteiger partial charge is 0.338 e. The van der Waals surface area contributed by atoms with Gasteiger partial charge in [0.05, 0.1) is 37.9 Å². The third-order valence-electron chi connectivity index (χ3n) is 5.72. The molecule has 0 amide bonds. The lowest BCUT2D eigenvalue weighted by Crippen LogP contribution is -2.24. The highest BCUT2D eigenvalue weighted by Gasteiger charge is 2.38. The molecule has 10 nitrogen and oxygen atoms in total. The van der Waals surface area contributed by atoms with E-state index in [1.54, 1.807) is 44.8 Å². The van der Waals surface area contributed by atoms with E-state index in [1.807, 2.05) is 30.3 Å². The van der Waals surface area contributed by atoms with E-state index >= 15 is 0 Å². The number of carbonyl (C=O) groups excluding carboxylic acids is 1. The van der Waals surface area contributed by atoms with E-state index in [0.29, 0.717) is 51.4 Å². The van der Waals surface area contributed by atoms with Crippen molar-refractivity contribution in [2.24, 2.45) is 0 Å². The second-order valence-electron chi connectivity index (χ2n) is 7.72. The molecule has 1 aliphatic rings. The van der Waals surface area contributed by atoms with Gasteiger partial charge in [0, 0.05) is 6.20 Å². The van der Waals surface area contributed by atoms with E-state index in [4.69, 9.17) is 23.9 Å². The van der Waals surface area contributed by atoms with Crippen molar-refractivity contribution in [3.63, 3.8) is 0 Å². The van der Waals surface area contributed by atoms with Crippen LogP contribution in [0.2, 0.25) is 0 Å². The van der Waals surface area contributed by atoms with Gasteiger partial charge in [0.2, 0.25) is 11.7 Å². The Balaban J connectivity index is 1.77. The third kappa shape index (κ3) is 3.82.